The Kier molecular flexibility index (Phi) is 5.16. The zero-order valence-corrected chi connectivity index (χ0v) is 18.0. The number of carbonyl (C=O) groups is 1. The SMILES string of the molecule is Cc1cc(C(=O)CN2CCN(S(=O)(=O)c3ccc4[nH]c(=O)[nH]c4c3)CC2)c(C)n1C. The van der Waals surface area contributed by atoms with Gasteiger partial charge in [0.1, 0.15) is 0 Å². The summed E-state index contributed by atoms with van der Waals surface area (Å²) in [6.07, 6.45) is 0. The number of hydrogen-bond donors (Lipinski definition) is 2. The number of piperazine rings is 1. The number of fused-ring (bicyclic) bond motifs is 1. The first kappa shape index (κ1) is 20.6. The van der Waals surface area contributed by atoms with Crippen molar-refractivity contribution in [1.82, 2.24) is 23.7 Å². The third-order valence-corrected chi connectivity index (χ3v) is 7.79. The van der Waals surface area contributed by atoms with Crippen molar-refractivity contribution in [2.45, 2.75) is 18.7 Å². The normalized spacial score (nSPS) is 16.4. The molecule has 10 heteroatoms. The lowest BCUT2D eigenvalue weighted by Crippen LogP contribution is -2.49. The van der Waals surface area contributed by atoms with Gasteiger partial charge in [-0.05, 0) is 38.1 Å². The van der Waals surface area contributed by atoms with Crippen molar-refractivity contribution >= 4 is 26.8 Å². The molecular formula is C20H25N5O4S. The van der Waals surface area contributed by atoms with E-state index in [0.717, 1.165) is 17.0 Å². The van der Waals surface area contributed by atoms with Crippen molar-refractivity contribution in [3.05, 3.63) is 51.7 Å². The first-order valence-electron chi connectivity index (χ1n) is 9.77. The minimum atomic E-state index is -3.67. The Balaban J connectivity index is 1.43. The standard InChI is InChI=1S/C20H25N5O4S/c1-13-10-16(14(2)23(13)3)19(26)12-24-6-8-25(9-7-24)30(28,29)15-4-5-17-18(11-15)22-20(27)21-17/h4-5,10-11H,6-9,12H2,1-3H3,(H2,21,22,27). The van der Waals surface area contributed by atoms with Crippen LogP contribution in [0.3, 0.4) is 0 Å². The highest BCUT2D eigenvalue weighted by Crippen LogP contribution is 2.21. The third kappa shape index (κ3) is 3.62. The number of aryl methyl sites for hydroxylation is 1. The molecule has 4 rings (SSSR count). The second kappa shape index (κ2) is 7.53. The number of nitrogens with zero attached hydrogens (tertiary/aromatic N) is 3. The third-order valence-electron chi connectivity index (χ3n) is 5.90. The number of aromatic amines is 2. The van der Waals surface area contributed by atoms with Crippen LogP contribution in [0.5, 0.6) is 0 Å². The highest BCUT2D eigenvalue weighted by atomic mass is 32.2. The number of aromatic nitrogens is 3. The number of Topliss-reactive ketones (excluding diaryl/α,β-unsaturated/α-hetero) is 1. The van der Waals surface area contributed by atoms with Gasteiger partial charge in [0.2, 0.25) is 10.0 Å². The summed E-state index contributed by atoms with van der Waals surface area (Å²) in [5, 5.41) is 0. The van der Waals surface area contributed by atoms with Gasteiger partial charge in [-0.1, -0.05) is 0 Å². The molecule has 1 aromatic carbocycles. The van der Waals surface area contributed by atoms with Gasteiger partial charge in [0.25, 0.3) is 0 Å². The van der Waals surface area contributed by atoms with Gasteiger partial charge in [0.15, 0.2) is 5.78 Å². The molecule has 160 valence electrons. The summed E-state index contributed by atoms with van der Waals surface area (Å²) in [5.74, 6) is 0.0503. The van der Waals surface area contributed by atoms with E-state index < -0.39 is 10.0 Å². The van der Waals surface area contributed by atoms with E-state index in [9.17, 15) is 18.0 Å². The van der Waals surface area contributed by atoms with E-state index in [1.807, 2.05) is 36.4 Å². The number of ketones is 1. The predicted molar refractivity (Wildman–Crippen MR) is 113 cm³/mol. The first-order chi connectivity index (χ1) is 14.2. The van der Waals surface area contributed by atoms with E-state index in [2.05, 4.69) is 9.97 Å². The molecule has 0 amide bonds. The Morgan fingerprint density at radius 3 is 2.33 bits per heavy atom. The minimum Gasteiger partial charge on any atom is -0.351 e. The van der Waals surface area contributed by atoms with Crippen molar-refractivity contribution in [3.63, 3.8) is 0 Å². The van der Waals surface area contributed by atoms with Crippen LogP contribution in [0.4, 0.5) is 0 Å². The van der Waals surface area contributed by atoms with E-state index in [0.29, 0.717) is 37.2 Å². The van der Waals surface area contributed by atoms with Crippen LogP contribution < -0.4 is 5.69 Å². The van der Waals surface area contributed by atoms with Gasteiger partial charge >= 0.3 is 5.69 Å². The minimum absolute atomic E-state index is 0.0503. The number of rotatable bonds is 5. The highest BCUT2D eigenvalue weighted by molar-refractivity contribution is 7.89. The largest absolute Gasteiger partial charge is 0.351 e. The van der Waals surface area contributed by atoms with Crippen LogP contribution in [0.1, 0.15) is 21.7 Å². The second-order valence-electron chi connectivity index (χ2n) is 7.73. The van der Waals surface area contributed by atoms with Crippen LogP contribution >= 0.6 is 0 Å². The molecule has 2 aromatic heterocycles. The van der Waals surface area contributed by atoms with Crippen molar-refractivity contribution in [3.8, 4) is 0 Å². The maximum atomic E-state index is 13.0. The molecule has 2 N–H and O–H groups in total. The van der Waals surface area contributed by atoms with Gasteiger partial charge in [-0.2, -0.15) is 4.31 Å². The average Bonchev–Trinajstić information content (AvgIpc) is 3.21. The Morgan fingerprint density at radius 2 is 1.70 bits per heavy atom. The van der Waals surface area contributed by atoms with Crippen LogP contribution in [0, 0.1) is 13.8 Å². The number of hydrogen-bond acceptors (Lipinski definition) is 5. The molecule has 1 fully saturated rings. The van der Waals surface area contributed by atoms with Crippen LogP contribution in [0.25, 0.3) is 11.0 Å². The van der Waals surface area contributed by atoms with E-state index in [-0.39, 0.29) is 22.9 Å². The maximum absolute atomic E-state index is 13.0. The quantitative estimate of drug-likeness (QED) is 0.586. The summed E-state index contributed by atoms with van der Waals surface area (Å²) in [6, 6.07) is 6.45. The summed E-state index contributed by atoms with van der Waals surface area (Å²) < 4.78 is 29.4. The molecule has 1 saturated heterocycles. The van der Waals surface area contributed by atoms with Gasteiger partial charge in [-0.25, -0.2) is 13.2 Å². The number of H-pyrrole nitrogens is 2. The smallest absolute Gasteiger partial charge is 0.323 e. The van der Waals surface area contributed by atoms with Crippen molar-refractivity contribution < 1.29 is 13.2 Å². The topological polar surface area (TPSA) is 111 Å². The number of nitrogens with one attached hydrogen (secondary N) is 2. The molecule has 0 bridgehead atoms. The van der Waals surface area contributed by atoms with E-state index >= 15 is 0 Å². The van der Waals surface area contributed by atoms with Gasteiger partial charge in [0.05, 0.1) is 22.5 Å². The van der Waals surface area contributed by atoms with Gasteiger partial charge in [-0.3, -0.25) is 9.69 Å². The Morgan fingerprint density at radius 1 is 1.03 bits per heavy atom. The van der Waals surface area contributed by atoms with Crippen LogP contribution in [-0.4, -0.2) is 70.7 Å². The lowest BCUT2D eigenvalue weighted by molar-refractivity contribution is 0.0901. The summed E-state index contributed by atoms with van der Waals surface area (Å²) in [7, 11) is -1.74. The molecule has 0 atom stereocenters. The van der Waals surface area contributed by atoms with Gasteiger partial charge in [0, 0.05) is 50.2 Å². The van der Waals surface area contributed by atoms with E-state index in [4.69, 9.17) is 0 Å². The lowest BCUT2D eigenvalue weighted by Gasteiger charge is -2.33. The number of sulfonamides is 1. The molecule has 0 aliphatic carbocycles. The van der Waals surface area contributed by atoms with Crippen molar-refractivity contribution in [1.29, 1.82) is 0 Å². The monoisotopic (exact) mass is 431 g/mol. The molecule has 1 aliphatic rings. The van der Waals surface area contributed by atoms with E-state index in [1.54, 1.807) is 6.07 Å². The van der Waals surface area contributed by atoms with Gasteiger partial charge in [-0.15, -0.1) is 0 Å². The Labute approximate surface area is 174 Å². The fourth-order valence-corrected chi connectivity index (χ4v) is 5.32. The van der Waals surface area contributed by atoms with Crippen LogP contribution in [0.15, 0.2) is 34.0 Å². The fraction of sp³-hybridized carbons (Fsp3) is 0.400. The molecule has 30 heavy (non-hydrogen) atoms. The summed E-state index contributed by atoms with van der Waals surface area (Å²) in [6.45, 7) is 5.76. The summed E-state index contributed by atoms with van der Waals surface area (Å²) >= 11 is 0. The molecular weight excluding hydrogens is 406 g/mol. The zero-order valence-electron chi connectivity index (χ0n) is 17.2. The Bertz CT molecular complexity index is 1280. The predicted octanol–water partition coefficient (Wildman–Crippen LogP) is 1.00. The van der Waals surface area contributed by atoms with Crippen molar-refractivity contribution in [2.24, 2.45) is 7.05 Å². The molecule has 3 heterocycles. The van der Waals surface area contributed by atoms with Crippen molar-refractivity contribution in [2.75, 3.05) is 32.7 Å². The molecule has 0 saturated carbocycles. The molecule has 9 nitrogen and oxygen atoms in total. The van der Waals surface area contributed by atoms with Crippen LogP contribution in [-0.2, 0) is 17.1 Å². The highest BCUT2D eigenvalue weighted by Gasteiger charge is 2.30. The number of carbonyl (C=O) groups excluding carboxylic acids is 1. The molecule has 3 aromatic rings. The van der Waals surface area contributed by atoms with Crippen LogP contribution in [0.2, 0.25) is 0 Å². The molecule has 0 spiro atoms. The number of benzene rings is 1. The first-order valence-corrected chi connectivity index (χ1v) is 11.2. The molecule has 1 aliphatic heterocycles. The summed E-state index contributed by atoms with van der Waals surface area (Å²) in [4.78, 5) is 31.4. The number of imidazole rings is 1. The van der Waals surface area contributed by atoms with E-state index in [1.165, 1.54) is 16.4 Å². The average molecular weight is 432 g/mol. The molecule has 0 radical (unpaired) electrons. The second-order valence-corrected chi connectivity index (χ2v) is 9.67. The zero-order chi connectivity index (χ0) is 21.6. The summed E-state index contributed by atoms with van der Waals surface area (Å²) in [5.41, 5.74) is 3.34. The van der Waals surface area contributed by atoms with Gasteiger partial charge < -0.3 is 14.5 Å². The maximum Gasteiger partial charge on any atom is 0.323 e. The molecule has 0 unspecified atom stereocenters. The lowest BCUT2D eigenvalue weighted by atomic mass is 10.1. The Hall–Kier alpha value is -2.69. The fourth-order valence-electron chi connectivity index (χ4n) is 3.88.